The summed E-state index contributed by atoms with van der Waals surface area (Å²) in [5.41, 5.74) is 0.134. The van der Waals surface area contributed by atoms with Crippen LogP contribution < -0.4 is 5.32 Å². The second-order valence-electron chi connectivity index (χ2n) is 6.38. The Balaban J connectivity index is 1.89. The first-order valence-electron chi connectivity index (χ1n) is 7.50. The van der Waals surface area contributed by atoms with Crippen LogP contribution in [0.4, 0.5) is 0 Å². The molecule has 1 aliphatic carbocycles. The van der Waals surface area contributed by atoms with E-state index in [1.165, 1.54) is 19.4 Å². The molecule has 0 atom stereocenters. The normalized spacial score (nSPS) is 22.6. The second-order valence-corrected chi connectivity index (χ2v) is 6.38. The quantitative estimate of drug-likeness (QED) is 0.895. The van der Waals surface area contributed by atoms with Gasteiger partial charge in [-0.25, -0.2) is 4.79 Å². The number of benzene rings is 1. The van der Waals surface area contributed by atoms with Gasteiger partial charge in [0.2, 0.25) is 5.91 Å². The zero-order valence-corrected chi connectivity index (χ0v) is 12.6. The summed E-state index contributed by atoms with van der Waals surface area (Å²) < 4.78 is 0. The predicted octanol–water partition coefficient (Wildman–Crippen LogP) is 2.94. The summed E-state index contributed by atoms with van der Waals surface area (Å²) in [4.78, 5) is 23.2. The fourth-order valence-corrected chi connectivity index (χ4v) is 2.88. The van der Waals surface area contributed by atoms with Crippen LogP contribution in [0.25, 0.3) is 0 Å². The number of amides is 1. The number of hydrogen-bond acceptors (Lipinski definition) is 2. The number of carbonyl (C=O) groups is 2. The van der Waals surface area contributed by atoms with Gasteiger partial charge in [-0.15, -0.1) is 0 Å². The van der Waals surface area contributed by atoms with Crippen molar-refractivity contribution in [2.75, 3.05) is 0 Å². The van der Waals surface area contributed by atoms with Gasteiger partial charge >= 0.3 is 5.97 Å². The van der Waals surface area contributed by atoms with Gasteiger partial charge in [0.1, 0.15) is 5.54 Å². The average molecular weight is 289 g/mol. The first-order valence-corrected chi connectivity index (χ1v) is 7.50. The van der Waals surface area contributed by atoms with Crippen LogP contribution in [0.3, 0.4) is 0 Å². The highest BCUT2D eigenvalue weighted by molar-refractivity contribution is 5.87. The molecule has 0 radical (unpaired) electrons. The van der Waals surface area contributed by atoms with E-state index >= 15 is 0 Å². The molecule has 4 nitrogen and oxygen atoms in total. The second kappa shape index (κ2) is 6.29. The molecule has 1 amide bonds. The van der Waals surface area contributed by atoms with E-state index in [4.69, 9.17) is 5.11 Å². The smallest absolute Gasteiger partial charge is 0.328 e. The Hall–Kier alpha value is -1.84. The van der Waals surface area contributed by atoms with Gasteiger partial charge in [-0.2, -0.15) is 0 Å². The summed E-state index contributed by atoms with van der Waals surface area (Å²) >= 11 is 0. The van der Waals surface area contributed by atoms with E-state index in [1.54, 1.807) is 0 Å². The Labute approximate surface area is 125 Å². The van der Waals surface area contributed by atoms with Crippen molar-refractivity contribution in [3.8, 4) is 0 Å². The third-order valence-electron chi connectivity index (χ3n) is 4.34. The molecule has 0 bridgehead atoms. The van der Waals surface area contributed by atoms with Crippen molar-refractivity contribution in [3.63, 3.8) is 0 Å². The average Bonchev–Trinajstić information content (AvgIpc) is 2.48. The van der Waals surface area contributed by atoms with Gasteiger partial charge in [-0.05, 0) is 51.0 Å². The zero-order valence-electron chi connectivity index (χ0n) is 12.6. The largest absolute Gasteiger partial charge is 0.480 e. The lowest BCUT2D eigenvalue weighted by molar-refractivity contribution is -0.146. The maximum Gasteiger partial charge on any atom is 0.328 e. The molecule has 0 aromatic heterocycles. The summed E-state index contributed by atoms with van der Waals surface area (Å²) in [5.74, 6) is -0.686. The monoisotopic (exact) mass is 289 g/mol. The van der Waals surface area contributed by atoms with Crippen LogP contribution in [0.1, 0.15) is 51.0 Å². The van der Waals surface area contributed by atoms with Crippen LogP contribution in [0.15, 0.2) is 30.3 Å². The van der Waals surface area contributed by atoms with Gasteiger partial charge in [0.25, 0.3) is 0 Å². The van der Waals surface area contributed by atoms with Gasteiger partial charge in [-0.3, -0.25) is 4.79 Å². The minimum atomic E-state index is -1.20. The Bertz CT molecular complexity index is 502. The Morgan fingerprint density at radius 3 is 2.19 bits per heavy atom. The molecule has 114 valence electrons. The van der Waals surface area contributed by atoms with E-state index in [0.29, 0.717) is 5.92 Å². The molecular formula is C17H23NO3. The van der Waals surface area contributed by atoms with Crippen molar-refractivity contribution < 1.29 is 14.7 Å². The van der Waals surface area contributed by atoms with Crippen LogP contribution in [0.5, 0.6) is 0 Å². The van der Waals surface area contributed by atoms with Crippen molar-refractivity contribution in [3.05, 3.63) is 35.9 Å². The highest BCUT2D eigenvalue weighted by Crippen LogP contribution is 2.35. The third kappa shape index (κ3) is 3.84. The number of carboxylic acid groups (broad SMARTS) is 1. The van der Waals surface area contributed by atoms with Crippen LogP contribution in [0.2, 0.25) is 0 Å². The highest BCUT2D eigenvalue weighted by atomic mass is 16.4. The zero-order chi connectivity index (χ0) is 15.5. The maximum atomic E-state index is 12.2. The van der Waals surface area contributed by atoms with Crippen LogP contribution in [-0.2, 0) is 9.59 Å². The summed E-state index contributed by atoms with van der Waals surface area (Å²) in [6, 6.07) is 10.4. The lowest BCUT2D eigenvalue weighted by Crippen LogP contribution is -2.51. The number of hydrogen-bond donors (Lipinski definition) is 2. The minimum absolute atomic E-state index is 0.0661. The summed E-state index contributed by atoms with van der Waals surface area (Å²) in [6.45, 7) is 3.03. The van der Waals surface area contributed by atoms with E-state index in [0.717, 1.165) is 25.7 Å². The van der Waals surface area contributed by atoms with E-state index in [9.17, 15) is 9.59 Å². The molecule has 0 unspecified atom stereocenters. The molecule has 0 saturated heterocycles. The van der Waals surface area contributed by atoms with Gasteiger partial charge in [0, 0.05) is 5.92 Å². The first kappa shape index (κ1) is 15.5. The van der Waals surface area contributed by atoms with Gasteiger partial charge < -0.3 is 10.4 Å². The van der Waals surface area contributed by atoms with Crippen molar-refractivity contribution in [2.45, 2.75) is 51.0 Å². The van der Waals surface area contributed by atoms with Gasteiger partial charge in [-0.1, -0.05) is 30.3 Å². The number of aliphatic carboxylic acids is 1. The van der Waals surface area contributed by atoms with Gasteiger partial charge in [0.15, 0.2) is 0 Å². The number of carboxylic acids is 1. The van der Waals surface area contributed by atoms with Crippen LogP contribution >= 0.6 is 0 Å². The SMILES string of the molecule is CC(C)(NC(=O)C1CCC(c2ccccc2)CC1)C(=O)O. The van der Waals surface area contributed by atoms with E-state index < -0.39 is 11.5 Å². The van der Waals surface area contributed by atoms with E-state index in [2.05, 4.69) is 17.4 Å². The van der Waals surface area contributed by atoms with Gasteiger partial charge in [0.05, 0.1) is 0 Å². The molecule has 2 N–H and O–H groups in total. The molecule has 1 aliphatic rings. The van der Waals surface area contributed by atoms with Crippen LogP contribution in [0, 0.1) is 5.92 Å². The lowest BCUT2D eigenvalue weighted by atomic mass is 9.78. The first-order chi connectivity index (χ1) is 9.90. The molecule has 21 heavy (non-hydrogen) atoms. The minimum Gasteiger partial charge on any atom is -0.480 e. The molecule has 0 heterocycles. The Morgan fingerprint density at radius 1 is 1.10 bits per heavy atom. The Kier molecular flexibility index (Phi) is 4.66. The fourth-order valence-electron chi connectivity index (χ4n) is 2.88. The van der Waals surface area contributed by atoms with Crippen LogP contribution in [-0.4, -0.2) is 22.5 Å². The summed E-state index contributed by atoms with van der Waals surface area (Å²) in [7, 11) is 0. The molecule has 1 aromatic carbocycles. The van der Waals surface area contributed by atoms with Crippen molar-refractivity contribution in [1.29, 1.82) is 0 Å². The Morgan fingerprint density at radius 2 is 1.67 bits per heavy atom. The number of rotatable bonds is 4. The molecule has 2 rings (SSSR count). The molecule has 4 heteroatoms. The topological polar surface area (TPSA) is 66.4 Å². The van der Waals surface area contributed by atoms with Crippen molar-refractivity contribution >= 4 is 11.9 Å². The summed E-state index contributed by atoms with van der Waals surface area (Å²) in [6.07, 6.45) is 3.60. The van der Waals surface area contributed by atoms with Crippen molar-refractivity contribution in [1.82, 2.24) is 5.32 Å². The molecule has 0 aliphatic heterocycles. The standard InChI is InChI=1S/C17H23NO3/c1-17(2,16(20)21)18-15(19)14-10-8-13(9-11-14)12-6-4-3-5-7-12/h3-7,13-14H,8-11H2,1-2H3,(H,18,19)(H,20,21). The lowest BCUT2D eigenvalue weighted by Gasteiger charge is -2.30. The molecule has 0 spiro atoms. The molecular weight excluding hydrogens is 266 g/mol. The third-order valence-corrected chi connectivity index (χ3v) is 4.34. The number of carbonyl (C=O) groups excluding carboxylic acids is 1. The molecule has 1 saturated carbocycles. The predicted molar refractivity (Wildman–Crippen MR) is 81.0 cm³/mol. The summed E-state index contributed by atoms with van der Waals surface area (Å²) in [5, 5.41) is 11.7. The van der Waals surface area contributed by atoms with Crippen molar-refractivity contribution in [2.24, 2.45) is 5.92 Å². The van der Waals surface area contributed by atoms with E-state index in [1.807, 2.05) is 18.2 Å². The number of nitrogens with one attached hydrogen (secondary N) is 1. The maximum absolute atomic E-state index is 12.2. The highest BCUT2D eigenvalue weighted by Gasteiger charge is 2.33. The van der Waals surface area contributed by atoms with E-state index in [-0.39, 0.29) is 11.8 Å². The molecule has 1 fully saturated rings. The molecule has 1 aromatic rings. The fraction of sp³-hybridized carbons (Fsp3) is 0.529.